The lowest BCUT2D eigenvalue weighted by Gasteiger charge is -2.16. The van der Waals surface area contributed by atoms with Gasteiger partial charge in [0.05, 0.1) is 11.0 Å². The van der Waals surface area contributed by atoms with Crippen LogP contribution >= 0.6 is 11.3 Å². The van der Waals surface area contributed by atoms with Crippen LogP contribution in [0.25, 0.3) is 0 Å². The van der Waals surface area contributed by atoms with Crippen molar-refractivity contribution < 1.29 is 9.90 Å². The second-order valence-electron chi connectivity index (χ2n) is 5.56. The molecule has 19 heavy (non-hydrogen) atoms. The van der Waals surface area contributed by atoms with Crippen LogP contribution in [0.5, 0.6) is 0 Å². The number of thiophene rings is 1. The molecule has 0 bridgehead atoms. The lowest BCUT2D eigenvalue weighted by atomic mass is 9.90. The number of carbonyl (C=O) groups is 1. The van der Waals surface area contributed by atoms with Gasteiger partial charge in [-0.15, -0.1) is 11.3 Å². The zero-order valence-electron chi connectivity index (χ0n) is 11.7. The molecule has 0 fully saturated rings. The maximum atomic E-state index is 12.0. The van der Waals surface area contributed by atoms with Crippen LogP contribution in [0.1, 0.15) is 53.2 Å². The van der Waals surface area contributed by atoms with Crippen molar-refractivity contribution in [3.63, 3.8) is 0 Å². The predicted octanol–water partition coefficient (Wildman–Crippen LogP) is 2.76. The molecule has 0 saturated heterocycles. The van der Waals surface area contributed by atoms with E-state index in [9.17, 15) is 9.90 Å². The summed E-state index contributed by atoms with van der Waals surface area (Å²) in [6.07, 6.45) is 4.67. The number of fused-ring (bicyclic) bond motifs is 1. The lowest BCUT2D eigenvalue weighted by Crippen LogP contribution is -2.31. The van der Waals surface area contributed by atoms with E-state index in [4.69, 9.17) is 0 Å². The first-order valence-electron chi connectivity index (χ1n) is 7.18. The van der Waals surface area contributed by atoms with E-state index in [1.54, 1.807) is 11.3 Å². The summed E-state index contributed by atoms with van der Waals surface area (Å²) >= 11 is 1.62. The summed E-state index contributed by atoms with van der Waals surface area (Å²) in [5.74, 6) is 0.687. The number of aryl methyl sites for hydroxylation is 1. The minimum absolute atomic E-state index is 0.0396. The summed E-state index contributed by atoms with van der Waals surface area (Å²) < 4.78 is 0. The first-order valence-corrected chi connectivity index (χ1v) is 7.99. The van der Waals surface area contributed by atoms with Gasteiger partial charge in [0.2, 0.25) is 0 Å². The van der Waals surface area contributed by atoms with Gasteiger partial charge in [-0.1, -0.05) is 20.3 Å². The normalized spacial score (nSPS) is 19.8. The Balaban J connectivity index is 1.93. The zero-order chi connectivity index (χ0) is 13.8. The second kappa shape index (κ2) is 6.53. The molecule has 1 aromatic rings. The molecule has 4 heteroatoms. The molecule has 2 atom stereocenters. The van der Waals surface area contributed by atoms with Gasteiger partial charge in [0.1, 0.15) is 0 Å². The predicted molar refractivity (Wildman–Crippen MR) is 78.8 cm³/mol. The Kier molecular flexibility index (Phi) is 4.99. The highest BCUT2D eigenvalue weighted by molar-refractivity contribution is 7.14. The third kappa shape index (κ3) is 3.80. The van der Waals surface area contributed by atoms with Crippen LogP contribution in [-0.2, 0) is 12.8 Å². The van der Waals surface area contributed by atoms with E-state index in [0.717, 1.165) is 36.5 Å². The highest BCUT2D eigenvalue weighted by Gasteiger charge is 2.20. The van der Waals surface area contributed by atoms with Gasteiger partial charge in [-0.2, -0.15) is 0 Å². The largest absolute Gasteiger partial charge is 0.391 e. The van der Waals surface area contributed by atoms with Crippen LogP contribution in [-0.4, -0.2) is 23.7 Å². The van der Waals surface area contributed by atoms with E-state index in [-0.39, 0.29) is 5.91 Å². The standard InChI is InChI=1S/C15H23NO2S/c1-3-4-12(17)9-16-15(18)14-8-11-7-10(2)5-6-13(11)19-14/h8,10,12,17H,3-7,9H2,1-2H3,(H,16,18). The van der Waals surface area contributed by atoms with Crippen LogP contribution in [0.4, 0.5) is 0 Å². The topological polar surface area (TPSA) is 49.3 Å². The van der Waals surface area contributed by atoms with Crippen LogP contribution in [0.2, 0.25) is 0 Å². The first kappa shape index (κ1) is 14.5. The fourth-order valence-electron chi connectivity index (χ4n) is 2.55. The molecule has 1 aromatic heterocycles. The average molecular weight is 281 g/mol. The highest BCUT2D eigenvalue weighted by Crippen LogP contribution is 2.32. The van der Waals surface area contributed by atoms with Crippen molar-refractivity contribution in [1.29, 1.82) is 0 Å². The first-order chi connectivity index (χ1) is 9.10. The summed E-state index contributed by atoms with van der Waals surface area (Å²) in [6.45, 7) is 4.65. The van der Waals surface area contributed by atoms with Crippen molar-refractivity contribution in [3.8, 4) is 0 Å². The number of amides is 1. The van der Waals surface area contributed by atoms with E-state index in [2.05, 4.69) is 12.2 Å². The maximum absolute atomic E-state index is 12.0. The quantitative estimate of drug-likeness (QED) is 0.872. The number of nitrogens with one attached hydrogen (secondary N) is 1. The van der Waals surface area contributed by atoms with E-state index in [0.29, 0.717) is 6.54 Å². The molecule has 106 valence electrons. The van der Waals surface area contributed by atoms with E-state index < -0.39 is 6.10 Å². The Hall–Kier alpha value is -0.870. The van der Waals surface area contributed by atoms with Gasteiger partial charge in [0.25, 0.3) is 5.91 Å². The van der Waals surface area contributed by atoms with Crippen LogP contribution in [0.15, 0.2) is 6.07 Å². The van der Waals surface area contributed by atoms with Crippen molar-refractivity contribution >= 4 is 17.2 Å². The van der Waals surface area contributed by atoms with Crippen LogP contribution in [0, 0.1) is 5.92 Å². The highest BCUT2D eigenvalue weighted by atomic mass is 32.1. The number of aliphatic hydroxyl groups is 1. The van der Waals surface area contributed by atoms with E-state index in [1.807, 2.05) is 13.0 Å². The number of rotatable bonds is 5. The monoisotopic (exact) mass is 281 g/mol. The van der Waals surface area contributed by atoms with Gasteiger partial charge in [0.15, 0.2) is 0 Å². The van der Waals surface area contributed by atoms with Gasteiger partial charge < -0.3 is 10.4 Å². The van der Waals surface area contributed by atoms with Crippen molar-refractivity contribution in [2.24, 2.45) is 5.92 Å². The number of aliphatic hydroxyl groups excluding tert-OH is 1. The summed E-state index contributed by atoms with van der Waals surface area (Å²) in [7, 11) is 0. The zero-order valence-corrected chi connectivity index (χ0v) is 12.6. The third-order valence-electron chi connectivity index (χ3n) is 3.67. The fourth-order valence-corrected chi connectivity index (χ4v) is 3.68. The Morgan fingerprint density at radius 3 is 3.16 bits per heavy atom. The molecule has 0 radical (unpaired) electrons. The molecule has 0 spiro atoms. The Morgan fingerprint density at radius 2 is 2.42 bits per heavy atom. The Morgan fingerprint density at radius 1 is 1.63 bits per heavy atom. The summed E-state index contributed by atoms with van der Waals surface area (Å²) in [4.78, 5) is 14.2. The molecule has 3 nitrogen and oxygen atoms in total. The molecule has 1 heterocycles. The number of hydrogen-bond acceptors (Lipinski definition) is 3. The van der Waals surface area contributed by atoms with E-state index >= 15 is 0 Å². The van der Waals surface area contributed by atoms with Crippen molar-refractivity contribution in [2.75, 3.05) is 6.54 Å². The summed E-state index contributed by atoms with van der Waals surface area (Å²) in [6, 6.07) is 2.04. The molecular weight excluding hydrogens is 258 g/mol. The number of hydrogen-bond donors (Lipinski definition) is 2. The molecule has 0 aromatic carbocycles. The minimum Gasteiger partial charge on any atom is -0.391 e. The van der Waals surface area contributed by atoms with Crippen molar-refractivity contribution in [3.05, 3.63) is 21.4 Å². The van der Waals surface area contributed by atoms with Crippen LogP contribution < -0.4 is 5.32 Å². The Bertz CT molecular complexity index is 441. The minimum atomic E-state index is -0.427. The molecular formula is C15H23NO2S. The van der Waals surface area contributed by atoms with Gasteiger partial charge in [-0.25, -0.2) is 0 Å². The number of carbonyl (C=O) groups excluding carboxylic acids is 1. The van der Waals surface area contributed by atoms with Gasteiger partial charge in [0, 0.05) is 11.4 Å². The van der Waals surface area contributed by atoms with Crippen molar-refractivity contribution in [2.45, 2.75) is 52.1 Å². The van der Waals surface area contributed by atoms with Crippen LogP contribution in [0.3, 0.4) is 0 Å². The van der Waals surface area contributed by atoms with E-state index in [1.165, 1.54) is 16.9 Å². The maximum Gasteiger partial charge on any atom is 0.261 e. The van der Waals surface area contributed by atoms with Gasteiger partial charge >= 0.3 is 0 Å². The third-order valence-corrected chi connectivity index (χ3v) is 4.91. The van der Waals surface area contributed by atoms with Gasteiger partial charge in [-0.05, 0) is 43.2 Å². The molecule has 1 amide bonds. The molecule has 2 unspecified atom stereocenters. The second-order valence-corrected chi connectivity index (χ2v) is 6.70. The molecule has 2 rings (SSSR count). The molecule has 0 saturated carbocycles. The lowest BCUT2D eigenvalue weighted by molar-refractivity contribution is 0.0914. The molecule has 1 aliphatic carbocycles. The van der Waals surface area contributed by atoms with Crippen molar-refractivity contribution in [1.82, 2.24) is 5.32 Å². The molecule has 1 aliphatic rings. The van der Waals surface area contributed by atoms with Gasteiger partial charge in [-0.3, -0.25) is 4.79 Å². The Labute approximate surface area is 119 Å². The molecule has 2 N–H and O–H groups in total. The SMILES string of the molecule is CCCC(O)CNC(=O)c1cc2c(s1)CCC(C)C2. The molecule has 0 aliphatic heterocycles. The summed E-state index contributed by atoms with van der Waals surface area (Å²) in [5.41, 5.74) is 1.35. The average Bonchev–Trinajstić information content (AvgIpc) is 2.79. The fraction of sp³-hybridized carbons (Fsp3) is 0.667. The smallest absolute Gasteiger partial charge is 0.261 e. The summed E-state index contributed by atoms with van der Waals surface area (Å²) in [5, 5.41) is 12.5.